The minimum Gasteiger partial charge on any atom is -0.309 e. The van der Waals surface area contributed by atoms with Crippen molar-refractivity contribution in [1.82, 2.24) is 19.1 Å². The maximum Gasteiger partial charge on any atom is 0.235 e. The van der Waals surface area contributed by atoms with Gasteiger partial charge in [-0.15, -0.1) is 0 Å². The highest BCUT2D eigenvalue weighted by molar-refractivity contribution is 6.41. The lowest BCUT2D eigenvalue weighted by atomic mass is 9.87. The van der Waals surface area contributed by atoms with Gasteiger partial charge in [0.25, 0.3) is 0 Å². The molecule has 4 nitrogen and oxygen atoms in total. The Morgan fingerprint density at radius 1 is 0.273 bits per heavy atom. The van der Waals surface area contributed by atoms with Crippen molar-refractivity contribution in [2.75, 3.05) is 0 Å². The highest BCUT2D eigenvalue weighted by Crippen LogP contribution is 2.49. The van der Waals surface area contributed by atoms with Crippen molar-refractivity contribution in [2.24, 2.45) is 0 Å². The van der Waals surface area contributed by atoms with Gasteiger partial charge in [-0.2, -0.15) is 0 Å². The number of para-hydroxylation sites is 4. The van der Waals surface area contributed by atoms with Crippen LogP contribution < -0.4 is 0 Å². The molecule has 0 bridgehead atoms. The Morgan fingerprint density at radius 3 is 1.39 bits per heavy atom. The molecule has 3 heterocycles. The number of hydrogen-bond donors (Lipinski definition) is 0. The molecule has 15 aromatic rings. The van der Waals surface area contributed by atoms with E-state index < -0.39 is 0 Å². The fraction of sp³-hybridized carbons (Fsp3) is 0. The molecule has 0 saturated carbocycles. The monoisotopic (exact) mass is 836 g/mol. The molecule has 0 saturated heterocycles. The Balaban J connectivity index is 1.09. The third kappa shape index (κ3) is 4.77. The topological polar surface area (TPSA) is 35.6 Å². The average molecular weight is 837 g/mol. The van der Waals surface area contributed by atoms with E-state index in [0.29, 0.717) is 5.95 Å². The minimum atomic E-state index is 0.648. The van der Waals surface area contributed by atoms with Gasteiger partial charge in [-0.25, -0.2) is 9.97 Å². The van der Waals surface area contributed by atoms with Crippen LogP contribution in [0.1, 0.15) is 0 Å². The van der Waals surface area contributed by atoms with Gasteiger partial charge in [0.15, 0.2) is 0 Å². The molecule has 0 radical (unpaired) electrons. The van der Waals surface area contributed by atoms with Crippen molar-refractivity contribution in [3.8, 4) is 34.0 Å². The van der Waals surface area contributed by atoms with Gasteiger partial charge in [-0.1, -0.05) is 176 Å². The molecule has 12 aromatic carbocycles. The molecule has 0 fully saturated rings. The molecule has 0 unspecified atom stereocenters. The van der Waals surface area contributed by atoms with Crippen LogP contribution in [0.15, 0.2) is 218 Å². The quantitative estimate of drug-likeness (QED) is 0.131. The number of aromatic nitrogens is 4. The smallest absolute Gasteiger partial charge is 0.235 e. The van der Waals surface area contributed by atoms with E-state index in [1.807, 2.05) is 0 Å². The van der Waals surface area contributed by atoms with Crippen LogP contribution in [0.4, 0.5) is 0 Å². The molecule has 304 valence electrons. The maximum atomic E-state index is 5.67. The van der Waals surface area contributed by atoms with Crippen molar-refractivity contribution in [1.29, 1.82) is 0 Å². The Bertz CT molecular complexity index is 4500. The summed E-state index contributed by atoms with van der Waals surface area (Å²) < 4.78 is 4.77. The highest BCUT2D eigenvalue weighted by Gasteiger charge is 2.25. The van der Waals surface area contributed by atoms with E-state index in [9.17, 15) is 0 Å². The van der Waals surface area contributed by atoms with Gasteiger partial charge in [-0.3, -0.25) is 4.57 Å². The molecule has 0 N–H and O–H groups in total. The second-order valence-electron chi connectivity index (χ2n) is 17.6. The van der Waals surface area contributed by atoms with Crippen LogP contribution in [0.25, 0.3) is 142 Å². The fourth-order valence-corrected chi connectivity index (χ4v) is 11.6. The lowest BCUT2D eigenvalue weighted by Gasteiger charge is -2.17. The highest BCUT2D eigenvalue weighted by atomic mass is 15.2. The summed E-state index contributed by atoms with van der Waals surface area (Å²) in [6.45, 7) is 0. The van der Waals surface area contributed by atoms with E-state index in [1.54, 1.807) is 0 Å². The molecule has 0 amide bonds. The van der Waals surface area contributed by atoms with E-state index in [0.717, 1.165) is 44.3 Å². The summed E-state index contributed by atoms with van der Waals surface area (Å²) in [5.74, 6) is 0.648. The maximum absolute atomic E-state index is 5.67. The molecule has 0 aliphatic rings. The predicted octanol–water partition coefficient (Wildman–Crippen LogP) is 16.4. The number of benzene rings is 12. The second-order valence-corrected chi connectivity index (χ2v) is 17.6. The molecule has 0 spiro atoms. The molecular weight excluding hydrogens is 801 g/mol. The zero-order valence-electron chi connectivity index (χ0n) is 35.6. The van der Waals surface area contributed by atoms with Gasteiger partial charge < -0.3 is 4.57 Å². The molecule has 0 aliphatic heterocycles. The number of rotatable bonds is 4. The molecule has 0 aliphatic carbocycles. The first kappa shape index (κ1) is 35.6. The van der Waals surface area contributed by atoms with E-state index in [2.05, 4.69) is 228 Å². The first-order valence-corrected chi connectivity index (χ1v) is 22.7. The van der Waals surface area contributed by atoms with Crippen molar-refractivity contribution in [3.05, 3.63) is 218 Å². The lowest BCUT2D eigenvalue weighted by Crippen LogP contribution is -2.04. The number of nitrogens with zero attached hydrogens (tertiary/aromatic N) is 4. The standard InChI is InChI=1S/C62H36N4/c1-3-17-37(18-4-1)39-33-34-44(41-22-8-7-21-40(39)41)61-45-23-9-12-30-52(45)63-62(64-61)66-54-32-14-11-25-47(54)60-49-29-16-27-43-42-26-15-28-48-57(42)50(51(58(43)49)36-56(60)66)35-55-59(48)46-24-10-13-31-53(46)65(55)38-19-5-2-6-20-38/h1-36H. The van der Waals surface area contributed by atoms with Gasteiger partial charge in [0.2, 0.25) is 5.95 Å². The predicted molar refractivity (Wildman–Crippen MR) is 278 cm³/mol. The van der Waals surface area contributed by atoms with Crippen LogP contribution >= 0.6 is 0 Å². The summed E-state index contributed by atoms with van der Waals surface area (Å²) in [5, 5.41) is 18.3. The van der Waals surface area contributed by atoms with Gasteiger partial charge in [0, 0.05) is 38.2 Å². The minimum absolute atomic E-state index is 0.648. The van der Waals surface area contributed by atoms with E-state index in [1.165, 1.54) is 92.2 Å². The summed E-state index contributed by atoms with van der Waals surface area (Å²) in [5.41, 5.74) is 11.0. The molecule has 4 heteroatoms. The third-order valence-electron chi connectivity index (χ3n) is 14.2. The summed E-state index contributed by atoms with van der Waals surface area (Å²) >= 11 is 0. The number of fused-ring (bicyclic) bond motifs is 12. The Morgan fingerprint density at radius 2 is 0.742 bits per heavy atom. The summed E-state index contributed by atoms with van der Waals surface area (Å²) in [6, 6.07) is 79.5. The van der Waals surface area contributed by atoms with E-state index >= 15 is 0 Å². The largest absolute Gasteiger partial charge is 0.309 e. The van der Waals surface area contributed by atoms with Gasteiger partial charge in [0.1, 0.15) is 0 Å². The van der Waals surface area contributed by atoms with Crippen LogP contribution in [-0.4, -0.2) is 19.1 Å². The third-order valence-corrected chi connectivity index (χ3v) is 14.2. The van der Waals surface area contributed by atoms with E-state index in [4.69, 9.17) is 9.97 Å². The van der Waals surface area contributed by atoms with Gasteiger partial charge in [-0.05, 0) is 107 Å². The molecule has 0 atom stereocenters. The summed E-state index contributed by atoms with van der Waals surface area (Å²) in [7, 11) is 0. The lowest BCUT2D eigenvalue weighted by molar-refractivity contribution is 1.01. The zero-order chi connectivity index (χ0) is 43.0. The molecular formula is C62H36N4. The average Bonchev–Trinajstić information content (AvgIpc) is 3.90. The van der Waals surface area contributed by atoms with Gasteiger partial charge >= 0.3 is 0 Å². The SMILES string of the molecule is c1ccc(-c2ccc(-c3nc(-n4c5ccccc5c5c6cccc7c8cccc9c8c(cc8c9c9ccccc9n8-c8ccccc8)c(cc54)c76)nc4ccccc34)c3ccccc23)cc1. The summed E-state index contributed by atoms with van der Waals surface area (Å²) in [4.78, 5) is 11.1. The fourth-order valence-electron chi connectivity index (χ4n) is 11.6. The first-order chi connectivity index (χ1) is 32.8. The van der Waals surface area contributed by atoms with Crippen LogP contribution in [-0.2, 0) is 0 Å². The zero-order valence-corrected chi connectivity index (χ0v) is 35.6. The Labute approximate surface area is 378 Å². The number of hydrogen-bond acceptors (Lipinski definition) is 2. The van der Waals surface area contributed by atoms with Crippen molar-refractivity contribution < 1.29 is 0 Å². The Kier molecular flexibility index (Phi) is 7.19. The van der Waals surface area contributed by atoms with Crippen LogP contribution in [0.2, 0.25) is 0 Å². The molecule has 66 heavy (non-hydrogen) atoms. The molecule has 3 aromatic heterocycles. The van der Waals surface area contributed by atoms with E-state index in [-0.39, 0.29) is 0 Å². The second kappa shape index (κ2) is 13.3. The first-order valence-electron chi connectivity index (χ1n) is 22.7. The Hall–Kier alpha value is -8.86. The van der Waals surface area contributed by atoms with Crippen LogP contribution in [0, 0.1) is 0 Å². The van der Waals surface area contributed by atoms with Crippen molar-refractivity contribution in [2.45, 2.75) is 0 Å². The van der Waals surface area contributed by atoms with Crippen LogP contribution in [0.3, 0.4) is 0 Å². The summed E-state index contributed by atoms with van der Waals surface area (Å²) in [6.07, 6.45) is 0. The van der Waals surface area contributed by atoms with Gasteiger partial charge in [0.05, 0.1) is 33.3 Å². The van der Waals surface area contributed by atoms with Crippen molar-refractivity contribution in [3.63, 3.8) is 0 Å². The van der Waals surface area contributed by atoms with Crippen molar-refractivity contribution >= 4 is 108 Å². The normalized spacial score (nSPS) is 12.2. The van der Waals surface area contributed by atoms with Crippen LogP contribution in [0.5, 0.6) is 0 Å². The molecule has 15 rings (SSSR count).